The molecule has 27 heavy (non-hydrogen) atoms. The molecule has 2 aliphatic heterocycles. The molecule has 1 aromatic carbocycles. The van der Waals surface area contributed by atoms with Crippen molar-refractivity contribution < 1.29 is 9.59 Å². The number of pyridine rings is 1. The molecule has 0 bridgehead atoms. The summed E-state index contributed by atoms with van der Waals surface area (Å²) in [6.07, 6.45) is 3.10. The molecule has 3 heterocycles. The van der Waals surface area contributed by atoms with E-state index in [0.29, 0.717) is 35.9 Å². The van der Waals surface area contributed by atoms with Gasteiger partial charge >= 0.3 is 0 Å². The van der Waals surface area contributed by atoms with Gasteiger partial charge in [0.2, 0.25) is 11.5 Å². The van der Waals surface area contributed by atoms with Crippen molar-refractivity contribution in [1.82, 2.24) is 14.8 Å². The monoisotopic (exact) mass is 367 g/mol. The lowest BCUT2D eigenvalue weighted by molar-refractivity contribution is -0.147. The van der Waals surface area contributed by atoms with Crippen LogP contribution in [0.4, 0.5) is 0 Å². The number of hydrogen-bond donors (Lipinski definition) is 1. The van der Waals surface area contributed by atoms with E-state index in [1.165, 1.54) is 6.07 Å². The third-order valence-electron chi connectivity index (χ3n) is 5.99. The number of likely N-dealkylation sites (tertiary alicyclic amines) is 2. The largest absolute Gasteiger partial charge is 0.338 e. The third kappa shape index (κ3) is 2.74. The molecule has 6 nitrogen and oxygen atoms in total. The second-order valence-electron chi connectivity index (χ2n) is 7.88. The van der Waals surface area contributed by atoms with Crippen molar-refractivity contribution in [3.63, 3.8) is 0 Å². The van der Waals surface area contributed by atoms with Crippen molar-refractivity contribution in [2.45, 2.75) is 51.1 Å². The number of aromatic nitrogens is 1. The molecule has 2 aliphatic rings. The Morgan fingerprint density at radius 2 is 1.81 bits per heavy atom. The lowest BCUT2D eigenvalue weighted by Gasteiger charge is -2.46. The predicted octanol–water partition coefficient (Wildman–Crippen LogP) is 2.53. The number of carbonyl (C=O) groups is 2. The average molecular weight is 367 g/mol. The molecule has 2 fully saturated rings. The van der Waals surface area contributed by atoms with Gasteiger partial charge in [-0.25, -0.2) is 0 Å². The molecule has 1 unspecified atom stereocenters. The number of amides is 2. The Bertz CT molecular complexity index is 965. The molecule has 4 rings (SSSR count). The minimum absolute atomic E-state index is 0.0590. The fourth-order valence-electron chi connectivity index (χ4n) is 4.69. The Morgan fingerprint density at radius 3 is 2.56 bits per heavy atom. The molecule has 2 amide bonds. The van der Waals surface area contributed by atoms with Gasteiger partial charge in [-0.2, -0.15) is 0 Å². The number of aromatic amines is 1. The summed E-state index contributed by atoms with van der Waals surface area (Å²) in [6.45, 7) is 5.33. The van der Waals surface area contributed by atoms with E-state index < -0.39 is 5.54 Å². The normalized spacial score (nSPS) is 23.0. The maximum Gasteiger partial charge on any atom is 0.255 e. The summed E-state index contributed by atoms with van der Waals surface area (Å²) in [6, 6.07) is 8.79. The highest BCUT2D eigenvalue weighted by atomic mass is 16.2. The lowest BCUT2D eigenvalue weighted by atomic mass is 9.84. The first-order chi connectivity index (χ1) is 12.9. The van der Waals surface area contributed by atoms with E-state index in [0.717, 1.165) is 19.4 Å². The molecule has 0 radical (unpaired) electrons. The maximum atomic E-state index is 13.5. The van der Waals surface area contributed by atoms with Crippen LogP contribution in [-0.2, 0) is 4.79 Å². The van der Waals surface area contributed by atoms with Crippen LogP contribution >= 0.6 is 0 Å². The first-order valence-electron chi connectivity index (χ1n) is 9.69. The molecule has 6 heteroatoms. The molecule has 2 aromatic rings. The fraction of sp³-hybridized carbons (Fsp3) is 0.476. The summed E-state index contributed by atoms with van der Waals surface area (Å²) in [5, 5.41) is 0.716. The van der Waals surface area contributed by atoms with E-state index in [-0.39, 0.29) is 23.4 Å². The Kier molecular flexibility index (Phi) is 4.29. The second kappa shape index (κ2) is 6.51. The van der Waals surface area contributed by atoms with Crippen LogP contribution in [-0.4, -0.2) is 51.3 Å². The lowest BCUT2D eigenvalue weighted by Crippen LogP contribution is -2.62. The number of benzene rings is 1. The summed E-state index contributed by atoms with van der Waals surface area (Å²) >= 11 is 0. The summed E-state index contributed by atoms with van der Waals surface area (Å²) in [5.41, 5.74) is -0.0434. The highest BCUT2D eigenvalue weighted by Crippen LogP contribution is 2.40. The number of fused-ring (bicyclic) bond motifs is 1. The van der Waals surface area contributed by atoms with Crippen LogP contribution in [0.3, 0.4) is 0 Å². The number of nitrogens with zero attached hydrogens (tertiary/aromatic N) is 2. The smallest absolute Gasteiger partial charge is 0.255 e. The fourth-order valence-corrected chi connectivity index (χ4v) is 4.69. The molecule has 0 aliphatic carbocycles. The van der Waals surface area contributed by atoms with Crippen molar-refractivity contribution >= 4 is 22.7 Å². The third-order valence-corrected chi connectivity index (χ3v) is 5.99. The van der Waals surface area contributed by atoms with E-state index in [4.69, 9.17) is 0 Å². The number of carbonyl (C=O) groups excluding carboxylic acids is 2. The van der Waals surface area contributed by atoms with Crippen LogP contribution in [0.1, 0.15) is 49.9 Å². The van der Waals surface area contributed by atoms with Crippen LogP contribution in [0.25, 0.3) is 10.9 Å². The Hall–Kier alpha value is -2.63. The average Bonchev–Trinajstić information content (AvgIpc) is 3.07. The van der Waals surface area contributed by atoms with Gasteiger partial charge < -0.3 is 14.8 Å². The predicted molar refractivity (Wildman–Crippen MR) is 104 cm³/mol. The van der Waals surface area contributed by atoms with Crippen molar-refractivity contribution in [3.05, 3.63) is 46.2 Å². The summed E-state index contributed by atoms with van der Waals surface area (Å²) < 4.78 is 0. The Morgan fingerprint density at radius 1 is 1.11 bits per heavy atom. The van der Waals surface area contributed by atoms with Gasteiger partial charge in [0.25, 0.3) is 5.91 Å². The summed E-state index contributed by atoms with van der Waals surface area (Å²) in [7, 11) is 0. The SMILES string of the molecule is CC(C)N1CCCC2(CCCN2C(=O)c2cc(=O)[nH]c3ccccc23)C1=O. The standard InChI is InChI=1S/C21H25N3O3/c1-14(2)23-11-5-9-21(20(23)27)10-6-12-24(21)19(26)16-13-18(25)22-17-8-4-3-7-15(16)17/h3-4,7-8,13-14H,5-6,9-12H2,1-2H3,(H,22,25). The van der Waals surface area contributed by atoms with Gasteiger partial charge in [0.15, 0.2) is 0 Å². The minimum atomic E-state index is -0.761. The minimum Gasteiger partial charge on any atom is -0.338 e. The molecular formula is C21H25N3O3. The van der Waals surface area contributed by atoms with Crippen LogP contribution in [0.5, 0.6) is 0 Å². The zero-order valence-electron chi connectivity index (χ0n) is 15.8. The van der Waals surface area contributed by atoms with Gasteiger partial charge in [0.1, 0.15) is 5.54 Å². The van der Waals surface area contributed by atoms with Crippen molar-refractivity contribution in [2.75, 3.05) is 13.1 Å². The van der Waals surface area contributed by atoms with E-state index in [9.17, 15) is 14.4 Å². The number of H-pyrrole nitrogens is 1. The van der Waals surface area contributed by atoms with E-state index >= 15 is 0 Å². The van der Waals surface area contributed by atoms with Gasteiger partial charge in [-0.3, -0.25) is 14.4 Å². The van der Waals surface area contributed by atoms with E-state index in [1.54, 1.807) is 11.0 Å². The Labute approximate surface area is 158 Å². The van der Waals surface area contributed by atoms with Crippen molar-refractivity contribution in [2.24, 2.45) is 0 Å². The first-order valence-corrected chi connectivity index (χ1v) is 9.69. The molecule has 1 spiro atoms. The maximum absolute atomic E-state index is 13.5. The molecule has 1 N–H and O–H groups in total. The molecule has 2 saturated heterocycles. The highest BCUT2D eigenvalue weighted by Gasteiger charge is 2.53. The molecule has 1 aromatic heterocycles. The van der Waals surface area contributed by atoms with E-state index in [1.807, 2.05) is 36.9 Å². The molecular weight excluding hydrogens is 342 g/mol. The van der Waals surface area contributed by atoms with Gasteiger partial charge in [0.05, 0.1) is 5.56 Å². The van der Waals surface area contributed by atoms with E-state index in [2.05, 4.69) is 4.98 Å². The summed E-state index contributed by atoms with van der Waals surface area (Å²) in [4.78, 5) is 45.3. The second-order valence-corrected chi connectivity index (χ2v) is 7.88. The van der Waals surface area contributed by atoms with Crippen molar-refractivity contribution in [3.8, 4) is 0 Å². The highest BCUT2D eigenvalue weighted by molar-refractivity contribution is 6.08. The van der Waals surface area contributed by atoms with Crippen LogP contribution in [0.15, 0.2) is 35.1 Å². The molecule has 142 valence electrons. The van der Waals surface area contributed by atoms with Gasteiger partial charge in [0, 0.05) is 36.1 Å². The Balaban J connectivity index is 1.78. The van der Waals surface area contributed by atoms with Crippen molar-refractivity contribution in [1.29, 1.82) is 0 Å². The number of piperidine rings is 1. The zero-order valence-corrected chi connectivity index (χ0v) is 15.8. The molecule has 0 saturated carbocycles. The number of hydrogen-bond acceptors (Lipinski definition) is 3. The summed E-state index contributed by atoms with van der Waals surface area (Å²) in [5.74, 6) is -0.155. The van der Waals surface area contributed by atoms with Gasteiger partial charge in [-0.15, -0.1) is 0 Å². The number of rotatable bonds is 2. The van der Waals surface area contributed by atoms with Gasteiger partial charge in [-0.05, 0) is 45.6 Å². The van der Waals surface area contributed by atoms with Crippen LogP contribution in [0.2, 0.25) is 0 Å². The number of para-hydroxylation sites is 1. The molecule has 1 atom stereocenters. The zero-order chi connectivity index (χ0) is 19.2. The van der Waals surface area contributed by atoms with Gasteiger partial charge in [-0.1, -0.05) is 18.2 Å². The topological polar surface area (TPSA) is 73.5 Å². The van der Waals surface area contributed by atoms with Crippen LogP contribution < -0.4 is 5.56 Å². The number of nitrogens with one attached hydrogen (secondary N) is 1. The quantitative estimate of drug-likeness (QED) is 0.886. The first kappa shape index (κ1) is 17.8. The van der Waals surface area contributed by atoms with Crippen LogP contribution in [0, 0.1) is 0 Å².